The van der Waals surface area contributed by atoms with Crippen molar-refractivity contribution in [2.24, 2.45) is 4.40 Å². The zero-order chi connectivity index (χ0) is 16.2. The van der Waals surface area contributed by atoms with Gasteiger partial charge in [-0.3, -0.25) is 0 Å². The van der Waals surface area contributed by atoms with Gasteiger partial charge >= 0.3 is 5.97 Å². The van der Waals surface area contributed by atoms with E-state index in [0.717, 1.165) is 5.56 Å². The molecule has 0 N–H and O–H groups in total. The number of esters is 1. The smallest absolute Gasteiger partial charge is 0.337 e. The number of hydrogen-bond acceptors (Lipinski definition) is 4. The van der Waals surface area contributed by atoms with E-state index in [0.29, 0.717) is 11.1 Å². The fourth-order valence-electron chi connectivity index (χ4n) is 1.72. The van der Waals surface area contributed by atoms with Crippen molar-refractivity contribution in [3.05, 3.63) is 65.2 Å². The summed E-state index contributed by atoms with van der Waals surface area (Å²) in [7, 11) is -2.43. The molecule has 0 atom stereocenters. The van der Waals surface area contributed by atoms with Crippen molar-refractivity contribution < 1.29 is 17.9 Å². The van der Waals surface area contributed by atoms with Gasteiger partial charge in [0.2, 0.25) is 0 Å². The van der Waals surface area contributed by atoms with Crippen LogP contribution in [-0.2, 0) is 14.8 Å². The van der Waals surface area contributed by atoms with Crippen molar-refractivity contribution in [1.29, 1.82) is 0 Å². The van der Waals surface area contributed by atoms with E-state index in [1.54, 1.807) is 36.4 Å². The molecule has 0 aromatic heterocycles. The van der Waals surface area contributed by atoms with Crippen LogP contribution in [0.4, 0.5) is 0 Å². The van der Waals surface area contributed by atoms with Crippen molar-refractivity contribution in [3.8, 4) is 0 Å². The van der Waals surface area contributed by atoms with Gasteiger partial charge < -0.3 is 4.74 Å². The molecule has 0 fully saturated rings. The summed E-state index contributed by atoms with van der Waals surface area (Å²) in [5.74, 6) is -0.448. The second-order valence-corrected chi connectivity index (χ2v) is 6.27. The molecule has 0 saturated carbocycles. The summed E-state index contributed by atoms with van der Waals surface area (Å²) in [6, 6.07) is 12.8. The van der Waals surface area contributed by atoms with Crippen LogP contribution in [0.1, 0.15) is 21.5 Å². The zero-order valence-electron chi connectivity index (χ0n) is 12.2. The molecule has 0 aliphatic carbocycles. The van der Waals surface area contributed by atoms with E-state index >= 15 is 0 Å². The largest absolute Gasteiger partial charge is 0.465 e. The first-order chi connectivity index (χ1) is 10.4. The van der Waals surface area contributed by atoms with Crippen LogP contribution in [0.2, 0.25) is 0 Å². The lowest BCUT2D eigenvalue weighted by atomic mass is 10.1. The molecular weight excluding hydrogens is 302 g/mol. The van der Waals surface area contributed by atoms with Crippen LogP contribution in [0.25, 0.3) is 0 Å². The molecule has 0 amide bonds. The minimum Gasteiger partial charge on any atom is -0.465 e. The SMILES string of the molecule is COC(=O)c1ccc(/C=N/S(=O)(=O)c2ccc(C)cc2)cc1. The van der Waals surface area contributed by atoms with Gasteiger partial charge in [-0.25, -0.2) is 4.79 Å². The van der Waals surface area contributed by atoms with Crippen LogP contribution in [0.15, 0.2) is 57.8 Å². The Balaban J connectivity index is 2.20. The highest BCUT2D eigenvalue weighted by atomic mass is 32.2. The summed E-state index contributed by atoms with van der Waals surface area (Å²) >= 11 is 0. The number of carbonyl (C=O) groups is 1. The first kappa shape index (κ1) is 15.9. The van der Waals surface area contributed by atoms with Crippen molar-refractivity contribution >= 4 is 22.2 Å². The molecule has 2 aromatic rings. The molecule has 0 aliphatic heterocycles. The molecule has 6 heteroatoms. The summed E-state index contributed by atoms with van der Waals surface area (Å²) in [5, 5.41) is 0. The van der Waals surface area contributed by atoms with Crippen LogP contribution >= 0.6 is 0 Å². The summed E-state index contributed by atoms with van der Waals surface area (Å²) < 4.78 is 32.4. The highest BCUT2D eigenvalue weighted by Crippen LogP contribution is 2.13. The molecule has 0 spiro atoms. The van der Waals surface area contributed by atoms with Gasteiger partial charge in [0, 0.05) is 6.21 Å². The fourth-order valence-corrected chi connectivity index (χ4v) is 2.59. The highest BCUT2D eigenvalue weighted by Gasteiger charge is 2.11. The Morgan fingerprint density at radius 2 is 1.64 bits per heavy atom. The third kappa shape index (κ3) is 3.79. The number of aryl methyl sites for hydroxylation is 1. The van der Waals surface area contributed by atoms with Gasteiger partial charge in [-0.05, 0) is 36.8 Å². The van der Waals surface area contributed by atoms with Gasteiger partial charge in [-0.15, -0.1) is 0 Å². The molecule has 0 saturated heterocycles. The van der Waals surface area contributed by atoms with Crippen molar-refractivity contribution in [2.75, 3.05) is 7.11 Å². The van der Waals surface area contributed by atoms with Crippen LogP contribution in [-0.4, -0.2) is 27.7 Å². The highest BCUT2D eigenvalue weighted by molar-refractivity contribution is 7.90. The summed E-state index contributed by atoms with van der Waals surface area (Å²) in [5.41, 5.74) is 1.94. The lowest BCUT2D eigenvalue weighted by molar-refractivity contribution is 0.0600. The number of methoxy groups -OCH3 is 1. The maximum absolute atomic E-state index is 12.1. The maximum Gasteiger partial charge on any atom is 0.337 e. The van der Waals surface area contributed by atoms with Gasteiger partial charge in [-0.2, -0.15) is 12.8 Å². The summed E-state index contributed by atoms with van der Waals surface area (Å²) in [6.45, 7) is 1.88. The number of rotatable bonds is 4. The Bertz CT molecular complexity index is 791. The van der Waals surface area contributed by atoms with Crippen LogP contribution in [0, 0.1) is 6.92 Å². The number of benzene rings is 2. The van der Waals surface area contributed by atoms with Crippen LogP contribution in [0.5, 0.6) is 0 Å². The standard InChI is InChI=1S/C16H15NO4S/c1-12-3-9-15(10-4-12)22(19,20)17-11-13-5-7-14(8-6-13)16(18)21-2/h3-11H,1-2H3/b17-11+. The molecule has 22 heavy (non-hydrogen) atoms. The fraction of sp³-hybridized carbons (Fsp3) is 0.125. The molecule has 0 aliphatic rings. The van der Waals surface area contributed by atoms with E-state index in [-0.39, 0.29) is 4.90 Å². The first-order valence-electron chi connectivity index (χ1n) is 6.48. The Labute approximate surface area is 129 Å². The van der Waals surface area contributed by atoms with E-state index < -0.39 is 16.0 Å². The van der Waals surface area contributed by atoms with Crippen molar-refractivity contribution in [3.63, 3.8) is 0 Å². The van der Waals surface area contributed by atoms with Crippen molar-refractivity contribution in [2.45, 2.75) is 11.8 Å². The molecule has 2 aromatic carbocycles. The third-order valence-electron chi connectivity index (χ3n) is 2.99. The van der Waals surface area contributed by atoms with E-state index in [1.807, 2.05) is 6.92 Å². The van der Waals surface area contributed by atoms with Gasteiger partial charge in [-0.1, -0.05) is 29.8 Å². The molecule has 0 bridgehead atoms. The average Bonchev–Trinajstić information content (AvgIpc) is 2.53. The Morgan fingerprint density at radius 3 is 2.18 bits per heavy atom. The minimum atomic E-state index is -3.73. The molecule has 2 rings (SSSR count). The van der Waals surface area contributed by atoms with Gasteiger partial charge in [0.15, 0.2) is 0 Å². The number of carbonyl (C=O) groups excluding carboxylic acids is 1. The molecular formula is C16H15NO4S. The topological polar surface area (TPSA) is 72.8 Å². The van der Waals surface area contributed by atoms with Crippen LogP contribution in [0.3, 0.4) is 0 Å². The summed E-state index contributed by atoms with van der Waals surface area (Å²) in [4.78, 5) is 11.4. The van der Waals surface area contributed by atoms with E-state index in [2.05, 4.69) is 9.13 Å². The second kappa shape index (κ2) is 6.53. The Hall–Kier alpha value is -2.47. The predicted octanol–water partition coefficient (Wildman–Crippen LogP) is 2.59. The van der Waals surface area contributed by atoms with E-state index in [1.165, 1.54) is 25.5 Å². The molecule has 0 unspecified atom stereocenters. The average molecular weight is 317 g/mol. The zero-order valence-corrected chi connectivity index (χ0v) is 13.0. The van der Waals surface area contributed by atoms with E-state index in [4.69, 9.17) is 0 Å². The molecule has 114 valence electrons. The lowest BCUT2D eigenvalue weighted by Crippen LogP contribution is -2.01. The molecule has 0 radical (unpaired) electrons. The minimum absolute atomic E-state index is 0.139. The molecule has 5 nitrogen and oxygen atoms in total. The third-order valence-corrected chi connectivity index (χ3v) is 4.24. The first-order valence-corrected chi connectivity index (χ1v) is 7.92. The monoisotopic (exact) mass is 317 g/mol. The Kier molecular flexibility index (Phi) is 4.72. The summed E-state index contributed by atoms with van der Waals surface area (Å²) in [6.07, 6.45) is 1.25. The quantitative estimate of drug-likeness (QED) is 0.642. The normalized spacial score (nSPS) is 11.5. The van der Waals surface area contributed by atoms with Crippen molar-refractivity contribution in [1.82, 2.24) is 0 Å². The number of nitrogens with zero attached hydrogens (tertiary/aromatic N) is 1. The number of sulfonamides is 1. The van der Waals surface area contributed by atoms with Crippen LogP contribution < -0.4 is 0 Å². The van der Waals surface area contributed by atoms with Gasteiger partial charge in [0.05, 0.1) is 17.6 Å². The molecule has 0 heterocycles. The maximum atomic E-state index is 12.1. The lowest BCUT2D eigenvalue weighted by Gasteiger charge is -2.00. The van der Waals surface area contributed by atoms with Gasteiger partial charge in [0.25, 0.3) is 10.0 Å². The predicted molar refractivity (Wildman–Crippen MR) is 83.7 cm³/mol. The number of hydrogen-bond donors (Lipinski definition) is 0. The van der Waals surface area contributed by atoms with Gasteiger partial charge in [0.1, 0.15) is 0 Å². The second-order valence-electron chi connectivity index (χ2n) is 4.64. The van der Waals surface area contributed by atoms with E-state index in [9.17, 15) is 13.2 Å². The Morgan fingerprint density at radius 1 is 1.05 bits per heavy atom. The number of ether oxygens (including phenoxy) is 1.